The Morgan fingerprint density at radius 1 is 1.00 bits per heavy atom. The monoisotopic (exact) mass is 511 g/mol. The molecule has 0 unspecified atom stereocenters. The molecule has 7 nitrogen and oxygen atoms in total. The van der Waals surface area contributed by atoms with Gasteiger partial charge in [0.25, 0.3) is 0 Å². The van der Waals surface area contributed by atoms with Crippen LogP contribution in [0.4, 0.5) is 11.4 Å². The van der Waals surface area contributed by atoms with E-state index < -0.39 is 0 Å². The summed E-state index contributed by atoms with van der Waals surface area (Å²) < 4.78 is 1.80. The van der Waals surface area contributed by atoms with Gasteiger partial charge in [-0.15, -0.1) is 10.2 Å². The third-order valence-electron chi connectivity index (χ3n) is 4.44. The molecule has 0 atom stereocenters. The lowest BCUT2D eigenvalue weighted by molar-refractivity contribution is -0.116. The summed E-state index contributed by atoms with van der Waals surface area (Å²) in [6.07, 6.45) is 0.0234. The summed E-state index contributed by atoms with van der Waals surface area (Å²) in [4.78, 5) is 24.8. The van der Waals surface area contributed by atoms with E-state index >= 15 is 0 Å². The van der Waals surface area contributed by atoms with Crippen molar-refractivity contribution >= 4 is 69.8 Å². The van der Waals surface area contributed by atoms with Crippen LogP contribution in [-0.4, -0.2) is 32.3 Å². The molecule has 3 rings (SSSR count). The van der Waals surface area contributed by atoms with E-state index in [0.717, 1.165) is 5.56 Å². The number of carbonyl (C=O) groups excluding carboxylic acids is 2. The number of aromatic nitrogens is 3. The summed E-state index contributed by atoms with van der Waals surface area (Å²) in [5, 5.41) is 15.7. The third-order valence-corrected chi connectivity index (χ3v) is 6.38. The topological polar surface area (TPSA) is 88.9 Å². The molecular formula is C21H20Cl3N5O2S. The van der Waals surface area contributed by atoms with Crippen molar-refractivity contribution in [3.8, 4) is 0 Å². The summed E-state index contributed by atoms with van der Waals surface area (Å²) in [6, 6.07) is 10.2. The van der Waals surface area contributed by atoms with Crippen molar-refractivity contribution in [1.82, 2.24) is 14.8 Å². The molecule has 0 fully saturated rings. The highest BCUT2D eigenvalue weighted by molar-refractivity contribution is 7.99. The fraction of sp³-hybridized carbons (Fsp3) is 0.238. The van der Waals surface area contributed by atoms with Gasteiger partial charge in [0.1, 0.15) is 5.82 Å². The molecule has 0 aliphatic carbocycles. The average molecular weight is 513 g/mol. The second-order valence-corrected chi connectivity index (χ2v) is 8.99. The summed E-state index contributed by atoms with van der Waals surface area (Å²) in [7, 11) is 0. The van der Waals surface area contributed by atoms with Gasteiger partial charge in [-0.2, -0.15) is 0 Å². The predicted octanol–water partition coefficient (Wildman–Crippen LogP) is 5.48. The van der Waals surface area contributed by atoms with Crippen LogP contribution in [0, 0.1) is 6.92 Å². The van der Waals surface area contributed by atoms with E-state index in [-0.39, 0.29) is 24.0 Å². The van der Waals surface area contributed by atoms with Crippen LogP contribution in [0.15, 0.2) is 41.6 Å². The Morgan fingerprint density at radius 3 is 2.50 bits per heavy atom. The quantitative estimate of drug-likeness (QED) is 0.390. The zero-order valence-electron chi connectivity index (χ0n) is 17.3. The van der Waals surface area contributed by atoms with E-state index in [9.17, 15) is 9.59 Å². The smallest absolute Gasteiger partial charge is 0.234 e. The summed E-state index contributed by atoms with van der Waals surface area (Å²) in [5.74, 6) is 0.180. The number of hydrogen-bond donors (Lipinski definition) is 2. The zero-order chi connectivity index (χ0) is 23.3. The van der Waals surface area contributed by atoms with Crippen molar-refractivity contribution in [3.05, 3.63) is 62.9 Å². The van der Waals surface area contributed by atoms with Gasteiger partial charge in [0.05, 0.1) is 22.2 Å². The van der Waals surface area contributed by atoms with E-state index in [2.05, 4.69) is 20.8 Å². The van der Waals surface area contributed by atoms with Crippen LogP contribution in [0.5, 0.6) is 0 Å². The molecule has 0 radical (unpaired) electrons. The molecule has 0 spiro atoms. The Hall–Kier alpha value is -2.26. The molecular weight excluding hydrogens is 493 g/mol. The number of benzene rings is 2. The van der Waals surface area contributed by atoms with Gasteiger partial charge in [-0.05, 0) is 49.7 Å². The minimum Gasteiger partial charge on any atom is -0.326 e. The molecule has 0 aliphatic rings. The number of aryl methyl sites for hydroxylation is 1. The number of thioether (sulfide) groups is 1. The van der Waals surface area contributed by atoms with E-state index in [1.54, 1.807) is 34.9 Å². The second-order valence-electron chi connectivity index (χ2n) is 6.79. The van der Waals surface area contributed by atoms with Crippen molar-refractivity contribution in [3.63, 3.8) is 0 Å². The molecule has 168 valence electrons. The Labute approximate surface area is 204 Å². The largest absolute Gasteiger partial charge is 0.326 e. The molecule has 0 saturated carbocycles. The molecule has 2 N–H and O–H groups in total. The summed E-state index contributed by atoms with van der Waals surface area (Å²) in [5.41, 5.74) is 2.12. The van der Waals surface area contributed by atoms with Crippen molar-refractivity contribution in [2.24, 2.45) is 0 Å². The zero-order valence-corrected chi connectivity index (χ0v) is 20.4. The van der Waals surface area contributed by atoms with Crippen molar-refractivity contribution in [2.45, 2.75) is 32.0 Å². The lowest BCUT2D eigenvalue weighted by Gasteiger charge is -2.10. The molecule has 0 aliphatic heterocycles. The van der Waals surface area contributed by atoms with E-state index in [1.807, 2.05) is 19.9 Å². The molecule has 0 saturated heterocycles. The van der Waals surface area contributed by atoms with Crippen LogP contribution in [-0.2, 0) is 22.6 Å². The van der Waals surface area contributed by atoms with Gasteiger partial charge in [-0.3, -0.25) is 9.59 Å². The van der Waals surface area contributed by atoms with Crippen molar-refractivity contribution in [2.75, 3.05) is 16.4 Å². The first-order valence-electron chi connectivity index (χ1n) is 9.62. The first-order valence-corrected chi connectivity index (χ1v) is 11.7. The molecule has 2 amide bonds. The molecule has 1 aromatic heterocycles. The van der Waals surface area contributed by atoms with Crippen LogP contribution in [0.2, 0.25) is 15.1 Å². The van der Waals surface area contributed by atoms with Gasteiger partial charge in [-0.1, -0.05) is 52.6 Å². The standard InChI is InChI=1S/C21H20Cl3N5O2S/c1-3-29-18(10-19(30)25-14-6-7-15(23)16(24)9-14)27-28-21(29)32-11-20(31)26-17-8-13(22)5-4-12(17)2/h4-9H,3,10-11H2,1-2H3,(H,25,30)(H,26,31). The normalized spacial score (nSPS) is 10.8. The Morgan fingerprint density at radius 2 is 1.78 bits per heavy atom. The van der Waals surface area contributed by atoms with Crippen molar-refractivity contribution in [1.29, 1.82) is 0 Å². The molecule has 11 heteroatoms. The summed E-state index contributed by atoms with van der Waals surface area (Å²) >= 11 is 19.1. The van der Waals surface area contributed by atoms with Gasteiger partial charge < -0.3 is 15.2 Å². The first kappa shape index (κ1) is 24.4. The Kier molecular flexibility index (Phi) is 8.42. The fourth-order valence-electron chi connectivity index (χ4n) is 2.84. The van der Waals surface area contributed by atoms with Crippen LogP contribution < -0.4 is 10.6 Å². The Balaban J connectivity index is 1.60. The molecule has 3 aromatic rings. The maximum atomic E-state index is 12.4. The number of anilines is 2. The predicted molar refractivity (Wildman–Crippen MR) is 130 cm³/mol. The van der Waals surface area contributed by atoms with Gasteiger partial charge in [0.2, 0.25) is 11.8 Å². The fourth-order valence-corrected chi connectivity index (χ4v) is 4.13. The maximum Gasteiger partial charge on any atom is 0.234 e. The average Bonchev–Trinajstić information content (AvgIpc) is 3.13. The number of hydrogen-bond acceptors (Lipinski definition) is 5. The number of rotatable bonds is 8. The van der Waals surface area contributed by atoms with Gasteiger partial charge >= 0.3 is 0 Å². The lowest BCUT2D eigenvalue weighted by Crippen LogP contribution is -2.18. The molecule has 1 heterocycles. The van der Waals surface area contributed by atoms with Gasteiger partial charge in [0.15, 0.2) is 5.16 Å². The first-order chi connectivity index (χ1) is 15.3. The Bertz CT molecular complexity index is 1150. The molecule has 2 aromatic carbocycles. The van der Waals surface area contributed by atoms with E-state index in [4.69, 9.17) is 34.8 Å². The number of carbonyl (C=O) groups is 2. The van der Waals surface area contributed by atoms with Crippen LogP contribution in [0.25, 0.3) is 0 Å². The minimum absolute atomic E-state index is 0.0234. The minimum atomic E-state index is -0.267. The van der Waals surface area contributed by atoms with E-state index in [1.165, 1.54) is 11.8 Å². The third kappa shape index (κ3) is 6.38. The number of nitrogens with one attached hydrogen (secondary N) is 2. The maximum absolute atomic E-state index is 12.4. The van der Waals surface area contributed by atoms with Gasteiger partial charge in [0, 0.05) is 22.9 Å². The highest BCUT2D eigenvalue weighted by atomic mass is 35.5. The summed E-state index contributed by atoms with van der Waals surface area (Å²) in [6.45, 7) is 4.37. The second kappa shape index (κ2) is 11.0. The van der Waals surface area contributed by atoms with E-state index in [0.29, 0.717) is 44.0 Å². The van der Waals surface area contributed by atoms with Crippen LogP contribution in [0.1, 0.15) is 18.3 Å². The molecule has 0 bridgehead atoms. The highest BCUT2D eigenvalue weighted by Gasteiger charge is 2.16. The lowest BCUT2D eigenvalue weighted by atomic mass is 10.2. The van der Waals surface area contributed by atoms with Crippen molar-refractivity contribution < 1.29 is 9.59 Å². The molecule has 32 heavy (non-hydrogen) atoms. The van der Waals surface area contributed by atoms with Crippen LogP contribution >= 0.6 is 46.6 Å². The van der Waals surface area contributed by atoms with Crippen LogP contribution in [0.3, 0.4) is 0 Å². The SMILES string of the molecule is CCn1c(CC(=O)Nc2ccc(Cl)c(Cl)c2)nnc1SCC(=O)Nc1cc(Cl)ccc1C. The van der Waals surface area contributed by atoms with Gasteiger partial charge in [-0.25, -0.2) is 0 Å². The number of halogens is 3. The number of nitrogens with zero attached hydrogens (tertiary/aromatic N) is 3. The number of amides is 2. The highest BCUT2D eigenvalue weighted by Crippen LogP contribution is 2.25.